The van der Waals surface area contributed by atoms with Crippen LogP contribution < -0.4 is 5.63 Å². The van der Waals surface area contributed by atoms with Gasteiger partial charge in [0.15, 0.2) is 11.2 Å². The lowest BCUT2D eigenvalue weighted by Gasteiger charge is -2.00. The third kappa shape index (κ3) is 1.10. The van der Waals surface area contributed by atoms with E-state index in [4.69, 9.17) is 8.94 Å². The fraction of sp³-hybridized carbons (Fsp3) is 0.167. The Kier molecular flexibility index (Phi) is 1.68. The van der Waals surface area contributed by atoms with Gasteiger partial charge in [0, 0.05) is 11.5 Å². The molecule has 3 aromatic rings. The van der Waals surface area contributed by atoms with Crippen molar-refractivity contribution in [2.45, 2.75) is 13.8 Å². The molecular weight excluding hydrogens is 206 g/mol. The third-order valence-corrected chi connectivity index (χ3v) is 2.72. The highest BCUT2D eigenvalue weighted by molar-refractivity contribution is 6.03. The predicted octanol–water partition coefficient (Wildman–Crippen LogP) is 2.55. The van der Waals surface area contributed by atoms with Crippen molar-refractivity contribution >= 4 is 21.9 Å². The maximum absolute atomic E-state index is 11.4. The number of hydrogen-bond acceptors (Lipinski definition) is 4. The maximum Gasteiger partial charge on any atom is 0.336 e. The van der Waals surface area contributed by atoms with E-state index in [0.717, 1.165) is 22.0 Å². The van der Waals surface area contributed by atoms with E-state index in [0.29, 0.717) is 11.2 Å². The molecule has 16 heavy (non-hydrogen) atoms. The lowest BCUT2D eigenvalue weighted by molar-refractivity contribution is 0.450. The zero-order chi connectivity index (χ0) is 11.3. The number of rotatable bonds is 0. The molecule has 2 heterocycles. The Morgan fingerprint density at radius 2 is 2.06 bits per heavy atom. The van der Waals surface area contributed by atoms with Gasteiger partial charge < -0.3 is 8.94 Å². The standard InChI is InChI=1S/C12H9NO3/c1-6-5-10(14)15-12-8(6)3-4-9-11(12)7(2)13-16-9/h3-5H,1-2H3. The van der Waals surface area contributed by atoms with Crippen molar-refractivity contribution in [2.75, 3.05) is 0 Å². The fourth-order valence-corrected chi connectivity index (χ4v) is 1.95. The summed E-state index contributed by atoms with van der Waals surface area (Å²) >= 11 is 0. The molecule has 0 amide bonds. The molecule has 0 saturated carbocycles. The number of nitrogens with zero attached hydrogens (tertiary/aromatic N) is 1. The minimum Gasteiger partial charge on any atom is -0.422 e. The van der Waals surface area contributed by atoms with Gasteiger partial charge in [0.2, 0.25) is 0 Å². The van der Waals surface area contributed by atoms with Gasteiger partial charge in [-0.3, -0.25) is 0 Å². The van der Waals surface area contributed by atoms with Gasteiger partial charge in [-0.1, -0.05) is 5.16 Å². The molecule has 4 heteroatoms. The van der Waals surface area contributed by atoms with Gasteiger partial charge >= 0.3 is 5.63 Å². The van der Waals surface area contributed by atoms with Gasteiger partial charge in [0.1, 0.15) is 0 Å². The molecule has 0 aliphatic rings. The van der Waals surface area contributed by atoms with E-state index in [1.54, 1.807) is 0 Å². The summed E-state index contributed by atoms with van der Waals surface area (Å²) in [4.78, 5) is 11.4. The van der Waals surface area contributed by atoms with Gasteiger partial charge in [-0.2, -0.15) is 0 Å². The normalized spacial score (nSPS) is 11.4. The van der Waals surface area contributed by atoms with Crippen molar-refractivity contribution in [2.24, 2.45) is 0 Å². The van der Waals surface area contributed by atoms with Crippen LogP contribution in [0.15, 0.2) is 31.9 Å². The monoisotopic (exact) mass is 215 g/mol. The Hall–Kier alpha value is -2.10. The Morgan fingerprint density at radius 1 is 1.25 bits per heavy atom. The van der Waals surface area contributed by atoms with E-state index in [1.807, 2.05) is 26.0 Å². The summed E-state index contributed by atoms with van der Waals surface area (Å²) in [5.74, 6) is 0. The van der Waals surface area contributed by atoms with Crippen LogP contribution in [0.25, 0.3) is 21.9 Å². The van der Waals surface area contributed by atoms with Crippen molar-refractivity contribution in [3.05, 3.63) is 39.9 Å². The van der Waals surface area contributed by atoms with Gasteiger partial charge in [-0.25, -0.2) is 4.79 Å². The maximum atomic E-state index is 11.4. The highest BCUT2D eigenvalue weighted by Crippen LogP contribution is 2.28. The molecule has 0 fully saturated rings. The summed E-state index contributed by atoms with van der Waals surface area (Å²) in [7, 11) is 0. The molecule has 0 bridgehead atoms. The highest BCUT2D eigenvalue weighted by Gasteiger charge is 2.12. The summed E-state index contributed by atoms with van der Waals surface area (Å²) < 4.78 is 10.4. The third-order valence-electron chi connectivity index (χ3n) is 2.72. The molecule has 0 aliphatic carbocycles. The lowest BCUT2D eigenvalue weighted by atomic mass is 10.1. The largest absolute Gasteiger partial charge is 0.422 e. The first-order chi connectivity index (χ1) is 7.66. The first-order valence-electron chi connectivity index (χ1n) is 4.96. The highest BCUT2D eigenvalue weighted by atomic mass is 16.5. The zero-order valence-electron chi connectivity index (χ0n) is 8.90. The quantitative estimate of drug-likeness (QED) is 0.541. The molecule has 0 aliphatic heterocycles. The van der Waals surface area contributed by atoms with Crippen molar-refractivity contribution in [3.63, 3.8) is 0 Å². The number of benzene rings is 1. The molecule has 4 nitrogen and oxygen atoms in total. The van der Waals surface area contributed by atoms with Crippen LogP contribution in [0.3, 0.4) is 0 Å². The number of aryl methyl sites for hydroxylation is 2. The Bertz CT molecular complexity index is 752. The minimum absolute atomic E-state index is 0.349. The van der Waals surface area contributed by atoms with E-state index in [1.165, 1.54) is 6.07 Å². The predicted molar refractivity (Wildman–Crippen MR) is 59.5 cm³/mol. The second kappa shape index (κ2) is 2.95. The first kappa shape index (κ1) is 9.15. The van der Waals surface area contributed by atoms with E-state index < -0.39 is 0 Å². The number of hydrogen-bond donors (Lipinski definition) is 0. The van der Waals surface area contributed by atoms with E-state index in [-0.39, 0.29) is 5.63 Å². The summed E-state index contributed by atoms with van der Waals surface area (Å²) in [6.45, 7) is 3.71. The van der Waals surface area contributed by atoms with Gasteiger partial charge in [-0.05, 0) is 31.5 Å². The molecule has 0 atom stereocenters. The Labute approximate surface area is 90.5 Å². The molecule has 80 valence electrons. The molecule has 0 radical (unpaired) electrons. The number of fused-ring (bicyclic) bond motifs is 3. The first-order valence-corrected chi connectivity index (χ1v) is 4.96. The van der Waals surface area contributed by atoms with Crippen molar-refractivity contribution in [1.82, 2.24) is 5.16 Å². The molecule has 0 N–H and O–H groups in total. The van der Waals surface area contributed by atoms with Crippen LogP contribution in [0.5, 0.6) is 0 Å². The van der Waals surface area contributed by atoms with Crippen molar-refractivity contribution < 1.29 is 8.94 Å². The van der Waals surface area contributed by atoms with Gasteiger partial charge in [0.05, 0.1) is 11.1 Å². The molecule has 0 saturated heterocycles. The van der Waals surface area contributed by atoms with Crippen LogP contribution in [0.1, 0.15) is 11.3 Å². The minimum atomic E-state index is -0.349. The lowest BCUT2D eigenvalue weighted by Crippen LogP contribution is -1.97. The van der Waals surface area contributed by atoms with Crippen LogP contribution in [0.4, 0.5) is 0 Å². The van der Waals surface area contributed by atoms with Crippen LogP contribution in [0.2, 0.25) is 0 Å². The molecule has 1 aromatic carbocycles. The van der Waals surface area contributed by atoms with E-state index in [9.17, 15) is 4.79 Å². The average molecular weight is 215 g/mol. The molecule has 0 spiro atoms. The molecule has 0 unspecified atom stereocenters. The smallest absolute Gasteiger partial charge is 0.336 e. The van der Waals surface area contributed by atoms with Gasteiger partial charge in [-0.15, -0.1) is 0 Å². The summed E-state index contributed by atoms with van der Waals surface area (Å²) in [5.41, 5.74) is 2.47. The topological polar surface area (TPSA) is 56.2 Å². The average Bonchev–Trinajstić information content (AvgIpc) is 2.60. The molecule has 3 rings (SSSR count). The summed E-state index contributed by atoms with van der Waals surface area (Å²) in [6.07, 6.45) is 0. The van der Waals surface area contributed by atoms with Crippen molar-refractivity contribution in [1.29, 1.82) is 0 Å². The number of aromatic nitrogens is 1. The van der Waals surface area contributed by atoms with Crippen LogP contribution >= 0.6 is 0 Å². The fourth-order valence-electron chi connectivity index (χ4n) is 1.95. The molecule has 2 aromatic heterocycles. The SMILES string of the molecule is Cc1cc(=O)oc2c1ccc1onc(C)c12. The Balaban J connectivity index is 2.69. The second-order valence-corrected chi connectivity index (χ2v) is 3.83. The summed E-state index contributed by atoms with van der Waals surface area (Å²) in [6, 6.07) is 5.20. The van der Waals surface area contributed by atoms with Crippen LogP contribution in [-0.4, -0.2) is 5.16 Å². The second-order valence-electron chi connectivity index (χ2n) is 3.83. The van der Waals surface area contributed by atoms with Crippen LogP contribution in [0, 0.1) is 13.8 Å². The molecular formula is C12H9NO3. The zero-order valence-corrected chi connectivity index (χ0v) is 8.90. The van der Waals surface area contributed by atoms with Gasteiger partial charge in [0.25, 0.3) is 0 Å². The van der Waals surface area contributed by atoms with E-state index >= 15 is 0 Å². The van der Waals surface area contributed by atoms with Crippen LogP contribution in [-0.2, 0) is 0 Å². The Morgan fingerprint density at radius 3 is 2.88 bits per heavy atom. The van der Waals surface area contributed by atoms with Crippen molar-refractivity contribution in [3.8, 4) is 0 Å². The van der Waals surface area contributed by atoms with E-state index in [2.05, 4.69) is 5.16 Å². The summed E-state index contributed by atoms with van der Waals surface area (Å²) in [5, 5.41) is 5.56.